The molecule has 158 valence electrons. The average molecular weight is 437 g/mol. The van der Waals surface area contributed by atoms with Gasteiger partial charge in [-0.05, 0) is 45.3 Å². The number of benzene rings is 3. The highest BCUT2D eigenvalue weighted by atomic mass is 32.1. The highest BCUT2D eigenvalue weighted by Crippen LogP contribution is 2.42. The van der Waals surface area contributed by atoms with Crippen LogP contribution in [0.25, 0.3) is 42.3 Å². The molecule has 5 heteroatoms. The van der Waals surface area contributed by atoms with Crippen molar-refractivity contribution < 1.29 is 9.31 Å². The molecule has 0 saturated carbocycles. The molecule has 0 atom stereocenters. The van der Waals surface area contributed by atoms with Crippen LogP contribution in [-0.2, 0) is 9.31 Å². The molecule has 32 heavy (non-hydrogen) atoms. The molecule has 6 rings (SSSR count). The van der Waals surface area contributed by atoms with Crippen LogP contribution in [0.5, 0.6) is 0 Å². The monoisotopic (exact) mass is 437 g/mol. The zero-order valence-corrected chi connectivity index (χ0v) is 19.5. The van der Waals surface area contributed by atoms with E-state index in [1.807, 2.05) is 17.4 Å². The van der Waals surface area contributed by atoms with E-state index >= 15 is 0 Å². The maximum Gasteiger partial charge on any atom is 0.494 e. The lowest BCUT2D eigenvalue weighted by Crippen LogP contribution is -2.41. The summed E-state index contributed by atoms with van der Waals surface area (Å²) in [6.45, 7) is 8.34. The Bertz CT molecular complexity index is 1470. The zero-order chi connectivity index (χ0) is 22.1. The Morgan fingerprint density at radius 3 is 2.22 bits per heavy atom. The molecule has 0 spiro atoms. The van der Waals surface area contributed by atoms with Crippen LogP contribution in [0.1, 0.15) is 27.7 Å². The first kappa shape index (κ1) is 19.9. The van der Waals surface area contributed by atoms with Crippen LogP contribution in [0.4, 0.5) is 0 Å². The predicted molar refractivity (Wildman–Crippen MR) is 136 cm³/mol. The van der Waals surface area contributed by atoms with Crippen LogP contribution in [0.15, 0.2) is 72.8 Å². The van der Waals surface area contributed by atoms with Gasteiger partial charge in [-0.15, -0.1) is 11.3 Å². The molecule has 0 aliphatic carbocycles. The molecule has 3 nitrogen and oxygen atoms in total. The van der Waals surface area contributed by atoms with Crippen LogP contribution >= 0.6 is 11.3 Å². The van der Waals surface area contributed by atoms with Crippen molar-refractivity contribution in [1.29, 1.82) is 0 Å². The number of aromatic nitrogens is 1. The van der Waals surface area contributed by atoms with Gasteiger partial charge in [-0.1, -0.05) is 60.7 Å². The second-order valence-electron chi connectivity index (χ2n) is 9.49. The summed E-state index contributed by atoms with van der Waals surface area (Å²) in [6.07, 6.45) is 0. The van der Waals surface area contributed by atoms with Gasteiger partial charge < -0.3 is 9.31 Å². The minimum atomic E-state index is -0.399. The van der Waals surface area contributed by atoms with Crippen molar-refractivity contribution in [3.05, 3.63) is 72.8 Å². The van der Waals surface area contributed by atoms with Gasteiger partial charge in [-0.2, -0.15) is 0 Å². The van der Waals surface area contributed by atoms with Crippen molar-refractivity contribution in [2.75, 3.05) is 0 Å². The second kappa shape index (κ2) is 6.88. The van der Waals surface area contributed by atoms with E-state index in [-0.39, 0.29) is 11.2 Å². The third-order valence-corrected chi connectivity index (χ3v) is 8.11. The normalized spacial score (nSPS) is 17.6. The summed E-state index contributed by atoms with van der Waals surface area (Å²) in [6, 6.07) is 25.5. The third-order valence-electron chi connectivity index (χ3n) is 6.90. The number of hydrogen-bond acceptors (Lipinski definition) is 4. The number of nitrogens with zero attached hydrogens (tertiary/aromatic N) is 1. The van der Waals surface area contributed by atoms with Gasteiger partial charge in [0.15, 0.2) is 0 Å². The molecular weight excluding hydrogens is 413 g/mol. The number of thiophene rings is 1. The minimum Gasteiger partial charge on any atom is -0.399 e. The summed E-state index contributed by atoms with van der Waals surface area (Å²) in [4.78, 5) is 5.20. The summed E-state index contributed by atoms with van der Waals surface area (Å²) in [5.74, 6) is 0. The molecule has 0 amide bonds. The molecule has 0 bridgehead atoms. The van der Waals surface area contributed by atoms with Crippen LogP contribution in [0.3, 0.4) is 0 Å². The van der Waals surface area contributed by atoms with Gasteiger partial charge in [0.25, 0.3) is 0 Å². The fourth-order valence-corrected chi connectivity index (χ4v) is 5.65. The van der Waals surface area contributed by atoms with Crippen LogP contribution in [0.2, 0.25) is 0 Å². The molecule has 0 radical (unpaired) electrons. The molecule has 1 fully saturated rings. The Balaban J connectivity index is 1.61. The largest absolute Gasteiger partial charge is 0.494 e. The highest BCUT2D eigenvalue weighted by Gasteiger charge is 2.51. The molecule has 3 aromatic carbocycles. The van der Waals surface area contributed by atoms with E-state index in [9.17, 15) is 0 Å². The Kier molecular flexibility index (Phi) is 4.29. The SMILES string of the molecule is CC1(C)OB(c2ccc3c(c2)nc(-c2ccccc2)c2c4ccccc4sc32)OC1(C)C. The summed E-state index contributed by atoms with van der Waals surface area (Å²) in [5, 5.41) is 3.66. The van der Waals surface area contributed by atoms with Gasteiger partial charge in [0, 0.05) is 31.1 Å². The quantitative estimate of drug-likeness (QED) is 0.293. The lowest BCUT2D eigenvalue weighted by atomic mass is 9.78. The summed E-state index contributed by atoms with van der Waals surface area (Å²) < 4.78 is 15.2. The van der Waals surface area contributed by atoms with Crippen molar-refractivity contribution >= 4 is 55.0 Å². The molecular formula is C27H24BNO2S. The van der Waals surface area contributed by atoms with Gasteiger partial charge in [0.05, 0.1) is 22.4 Å². The van der Waals surface area contributed by atoms with E-state index in [2.05, 4.69) is 94.4 Å². The fraction of sp³-hybridized carbons (Fsp3) is 0.222. The fourth-order valence-electron chi connectivity index (χ4n) is 4.41. The van der Waals surface area contributed by atoms with E-state index < -0.39 is 7.12 Å². The molecule has 1 aliphatic rings. The van der Waals surface area contributed by atoms with Gasteiger partial charge in [0.2, 0.25) is 0 Å². The van der Waals surface area contributed by atoms with E-state index in [0.29, 0.717) is 0 Å². The Morgan fingerprint density at radius 1 is 0.781 bits per heavy atom. The molecule has 3 heterocycles. The second-order valence-corrected chi connectivity index (χ2v) is 10.5. The maximum absolute atomic E-state index is 6.30. The molecule has 1 aliphatic heterocycles. The van der Waals surface area contributed by atoms with Gasteiger partial charge >= 0.3 is 7.12 Å². The Labute approximate surface area is 192 Å². The summed E-state index contributed by atoms with van der Waals surface area (Å²) in [5.41, 5.74) is 3.38. The van der Waals surface area contributed by atoms with Crippen molar-refractivity contribution in [2.24, 2.45) is 0 Å². The number of fused-ring (bicyclic) bond motifs is 5. The standard InChI is InChI=1S/C27H24BNO2S/c1-26(2)27(3,4)31-28(30-26)18-14-15-19-21(16-18)29-24(17-10-6-5-7-11-17)23-20-12-8-9-13-22(20)32-25(19)23/h5-16H,1-4H3. The maximum atomic E-state index is 6.30. The first-order valence-electron chi connectivity index (χ1n) is 11.0. The average Bonchev–Trinajstić information content (AvgIpc) is 3.27. The first-order valence-corrected chi connectivity index (χ1v) is 11.8. The Hall–Kier alpha value is -2.73. The summed E-state index contributed by atoms with van der Waals surface area (Å²) >= 11 is 1.84. The van der Waals surface area contributed by atoms with Crippen molar-refractivity contribution in [2.45, 2.75) is 38.9 Å². The molecule has 5 aromatic rings. The Morgan fingerprint density at radius 2 is 1.47 bits per heavy atom. The number of pyridine rings is 1. The van der Waals surface area contributed by atoms with Gasteiger partial charge in [-0.3, -0.25) is 0 Å². The lowest BCUT2D eigenvalue weighted by molar-refractivity contribution is 0.00578. The van der Waals surface area contributed by atoms with E-state index in [1.54, 1.807) is 0 Å². The zero-order valence-electron chi connectivity index (χ0n) is 18.7. The van der Waals surface area contributed by atoms with Gasteiger partial charge in [0.1, 0.15) is 0 Å². The molecule has 0 N–H and O–H groups in total. The smallest absolute Gasteiger partial charge is 0.399 e. The van der Waals surface area contributed by atoms with Gasteiger partial charge in [-0.25, -0.2) is 4.98 Å². The van der Waals surface area contributed by atoms with E-state index in [4.69, 9.17) is 14.3 Å². The third kappa shape index (κ3) is 2.92. The number of hydrogen-bond donors (Lipinski definition) is 0. The molecule has 0 unspecified atom stereocenters. The minimum absolute atomic E-state index is 0.370. The van der Waals surface area contributed by atoms with Crippen LogP contribution in [-0.4, -0.2) is 23.3 Å². The van der Waals surface area contributed by atoms with E-state index in [0.717, 1.165) is 22.2 Å². The summed E-state index contributed by atoms with van der Waals surface area (Å²) in [7, 11) is -0.399. The molecule has 1 saturated heterocycles. The van der Waals surface area contributed by atoms with Crippen molar-refractivity contribution in [3.63, 3.8) is 0 Å². The molecule has 2 aromatic heterocycles. The highest BCUT2D eigenvalue weighted by molar-refractivity contribution is 7.26. The van der Waals surface area contributed by atoms with E-state index in [1.165, 1.54) is 25.6 Å². The first-order chi connectivity index (χ1) is 15.3. The van der Waals surface area contributed by atoms with Crippen molar-refractivity contribution in [1.82, 2.24) is 4.98 Å². The predicted octanol–water partition coefficient (Wildman–Crippen LogP) is 6.57. The van der Waals surface area contributed by atoms with Crippen LogP contribution < -0.4 is 5.46 Å². The van der Waals surface area contributed by atoms with Crippen LogP contribution in [0, 0.1) is 0 Å². The lowest BCUT2D eigenvalue weighted by Gasteiger charge is -2.32. The van der Waals surface area contributed by atoms with Crippen molar-refractivity contribution in [3.8, 4) is 11.3 Å². The number of rotatable bonds is 2. The topological polar surface area (TPSA) is 31.4 Å².